The highest BCUT2D eigenvalue weighted by Gasteiger charge is 2.27. The molecule has 5 heteroatoms. The number of benzene rings is 1. The molecule has 2 aromatic rings. The lowest BCUT2D eigenvalue weighted by Crippen LogP contribution is -2.29. The van der Waals surface area contributed by atoms with Gasteiger partial charge in [-0.25, -0.2) is 0 Å². The topological polar surface area (TPSA) is 64.0 Å². The molecule has 0 spiro atoms. The number of ketones is 1. The van der Waals surface area contributed by atoms with E-state index in [0.29, 0.717) is 17.8 Å². The maximum atomic E-state index is 12.5. The van der Waals surface area contributed by atoms with Gasteiger partial charge in [-0.15, -0.1) is 0 Å². The summed E-state index contributed by atoms with van der Waals surface area (Å²) in [5, 5.41) is 7.39. The quantitative estimate of drug-likeness (QED) is 0.834. The van der Waals surface area contributed by atoms with Crippen molar-refractivity contribution < 1.29 is 9.59 Å². The predicted octanol–water partition coefficient (Wildman–Crippen LogP) is 2.98. The van der Waals surface area contributed by atoms with Crippen molar-refractivity contribution in [3.05, 3.63) is 53.3 Å². The van der Waals surface area contributed by atoms with Gasteiger partial charge in [-0.2, -0.15) is 5.10 Å². The van der Waals surface area contributed by atoms with Crippen LogP contribution in [0.1, 0.15) is 65.7 Å². The fraction of sp³-hybridized carbons (Fsp3) is 0.389. The van der Waals surface area contributed by atoms with Crippen molar-refractivity contribution in [1.29, 1.82) is 0 Å². The van der Waals surface area contributed by atoms with Crippen LogP contribution >= 0.6 is 0 Å². The van der Waals surface area contributed by atoms with Gasteiger partial charge in [-0.05, 0) is 25.3 Å². The Morgan fingerprint density at radius 1 is 1.30 bits per heavy atom. The molecule has 1 aromatic carbocycles. The minimum absolute atomic E-state index is 0.0514. The first-order valence-corrected chi connectivity index (χ1v) is 8.08. The summed E-state index contributed by atoms with van der Waals surface area (Å²) in [5.74, 6) is -0.206. The molecule has 0 saturated heterocycles. The average molecular weight is 311 g/mol. The van der Waals surface area contributed by atoms with Crippen LogP contribution < -0.4 is 5.32 Å². The summed E-state index contributed by atoms with van der Waals surface area (Å²) in [5.41, 5.74) is 1.85. The van der Waals surface area contributed by atoms with Crippen molar-refractivity contribution in [1.82, 2.24) is 15.1 Å². The third-order valence-corrected chi connectivity index (χ3v) is 4.14. The van der Waals surface area contributed by atoms with Crippen LogP contribution in [0.25, 0.3) is 0 Å². The van der Waals surface area contributed by atoms with Gasteiger partial charge in [-0.1, -0.05) is 37.3 Å². The van der Waals surface area contributed by atoms with E-state index in [-0.39, 0.29) is 23.8 Å². The van der Waals surface area contributed by atoms with Crippen molar-refractivity contribution in [2.75, 3.05) is 0 Å². The standard InChI is InChI=1S/C18H21N3O2/c1-3-17(22)15-11-16(18(23)19-14-9-10-14)21(20-15)12(2)13-7-5-4-6-8-13/h4-8,11-12,14H,3,9-10H2,1-2H3,(H,19,23)/t12-/m0/s1. The number of amides is 1. The van der Waals surface area contributed by atoms with E-state index in [1.54, 1.807) is 17.7 Å². The van der Waals surface area contributed by atoms with Gasteiger partial charge in [0.15, 0.2) is 5.78 Å². The van der Waals surface area contributed by atoms with E-state index >= 15 is 0 Å². The van der Waals surface area contributed by atoms with Gasteiger partial charge in [-0.3, -0.25) is 14.3 Å². The van der Waals surface area contributed by atoms with Crippen LogP contribution in [-0.4, -0.2) is 27.5 Å². The number of rotatable bonds is 6. The van der Waals surface area contributed by atoms with E-state index in [2.05, 4.69) is 10.4 Å². The third kappa shape index (κ3) is 3.33. The van der Waals surface area contributed by atoms with Crippen molar-refractivity contribution >= 4 is 11.7 Å². The minimum Gasteiger partial charge on any atom is -0.348 e. The lowest BCUT2D eigenvalue weighted by Gasteiger charge is -2.16. The fourth-order valence-electron chi connectivity index (χ4n) is 2.54. The van der Waals surface area contributed by atoms with E-state index < -0.39 is 0 Å². The van der Waals surface area contributed by atoms with Crippen molar-refractivity contribution in [2.45, 2.75) is 45.2 Å². The third-order valence-electron chi connectivity index (χ3n) is 4.14. The van der Waals surface area contributed by atoms with Crippen LogP contribution in [0, 0.1) is 0 Å². The Morgan fingerprint density at radius 2 is 2.00 bits per heavy atom. The Kier molecular flexibility index (Phi) is 4.28. The predicted molar refractivity (Wildman–Crippen MR) is 87.6 cm³/mol. The Hall–Kier alpha value is -2.43. The number of nitrogens with one attached hydrogen (secondary N) is 1. The van der Waals surface area contributed by atoms with E-state index in [4.69, 9.17) is 0 Å². The van der Waals surface area contributed by atoms with E-state index in [1.807, 2.05) is 37.3 Å². The van der Waals surface area contributed by atoms with Gasteiger partial charge >= 0.3 is 0 Å². The number of aromatic nitrogens is 2. The lowest BCUT2D eigenvalue weighted by molar-refractivity contribution is 0.0937. The van der Waals surface area contributed by atoms with Crippen molar-refractivity contribution in [2.24, 2.45) is 0 Å². The van der Waals surface area contributed by atoms with Crippen LogP contribution in [-0.2, 0) is 0 Å². The maximum Gasteiger partial charge on any atom is 0.269 e. The minimum atomic E-state index is -0.155. The summed E-state index contributed by atoms with van der Waals surface area (Å²) in [4.78, 5) is 24.5. The Morgan fingerprint density at radius 3 is 2.61 bits per heavy atom. The first kappa shape index (κ1) is 15.5. The molecular weight excluding hydrogens is 290 g/mol. The van der Waals surface area contributed by atoms with Crippen LogP contribution in [0.2, 0.25) is 0 Å². The lowest BCUT2D eigenvalue weighted by atomic mass is 10.1. The van der Waals surface area contributed by atoms with Crippen LogP contribution in [0.15, 0.2) is 36.4 Å². The fourth-order valence-corrected chi connectivity index (χ4v) is 2.54. The first-order chi connectivity index (χ1) is 11.1. The van der Waals surface area contributed by atoms with Gasteiger partial charge in [0.2, 0.25) is 0 Å². The van der Waals surface area contributed by atoms with E-state index in [0.717, 1.165) is 18.4 Å². The molecule has 1 aliphatic rings. The van der Waals surface area contributed by atoms with Crippen molar-refractivity contribution in [3.63, 3.8) is 0 Å². The summed E-state index contributed by atoms with van der Waals surface area (Å²) < 4.78 is 1.66. The molecule has 23 heavy (non-hydrogen) atoms. The van der Waals surface area contributed by atoms with Gasteiger partial charge < -0.3 is 5.32 Å². The largest absolute Gasteiger partial charge is 0.348 e. The Balaban J connectivity index is 1.97. The molecule has 1 aromatic heterocycles. The zero-order valence-electron chi connectivity index (χ0n) is 13.5. The number of Topliss-reactive ketones (excluding diaryl/α,β-unsaturated/α-hetero) is 1. The molecule has 1 fully saturated rings. The smallest absolute Gasteiger partial charge is 0.269 e. The molecule has 1 atom stereocenters. The van der Waals surface area contributed by atoms with Crippen LogP contribution in [0.5, 0.6) is 0 Å². The normalized spacial score (nSPS) is 15.2. The highest BCUT2D eigenvalue weighted by molar-refractivity contribution is 5.99. The average Bonchev–Trinajstić information content (AvgIpc) is 3.28. The molecule has 1 N–H and O–H groups in total. The summed E-state index contributed by atoms with van der Waals surface area (Å²) in [7, 11) is 0. The van der Waals surface area contributed by atoms with Crippen LogP contribution in [0.3, 0.4) is 0 Å². The Labute approximate surface area is 135 Å². The highest BCUT2D eigenvalue weighted by atomic mass is 16.2. The second-order valence-corrected chi connectivity index (χ2v) is 5.97. The van der Waals surface area contributed by atoms with Gasteiger partial charge in [0.1, 0.15) is 11.4 Å². The molecule has 0 radical (unpaired) electrons. The van der Waals surface area contributed by atoms with Gasteiger partial charge in [0, 0.05) is 18.5 Å². The summed E-state index contributed by atoms with van der Waals surface area (Å²) >= 11 is 0. The van der Waals surface area contributed by atoms with E-state index in [1.165, 1.54) is 0 Å². The number of hydrogen-bond donors (Lipinski definition) is 1. The molecule has 1 heterocycles. The molecule has 1 amide bonds. The second kappa shape index (κ2) is 6.36. The molecule has 1 saturated carbocycles. The Bertz CT molecular complexity index is 717. The number of nitrogens with zero attached hydrogens (tertiary/aromatic N) is 2. The summed E-state index contributed by atoms with van der Waals surface area (Å²) in [6.07, 6.45) is 2.42. The molecule has 5 nitrogen and oxygen atoms in total. The van der Waals surface area contributed by atoms with E-state index in [9.17, 15) is 9.59 Å². The molecule has 0 unspecified atom stereocenters. The zero-order chi connectivity index (χ0) is 16.4. The SMILES string of the molecule is CCC(=O)c1cc(C(=O)NC2CC2)n([C@@H](C)c2ccccc2)n1. The van der Waals surface area contributed by atoms with Crippen molar-refractivity contribution in [3.8, 4) is 0 Å². The molecule has 0 aliphatic heterocycles. The molecule has 3 rings (SSSR count). The molecule has 1 aliphatic carbocycles. The second-order valence-electron chi connectivity index (χ2n) is 5.97. The number of hydrogen-bond acceptors (Lipinski definition) is 3. The summed E-state index contributed by atoms with van der Waals surface area (Å²) in [6.45, 7) is 3.78. The summed E-state index contributed by atoms with van der Waals surface area (Å²) in [6, 6.07) is 11.6. The monoisotopic (exact) mass is 311 g/mol. The molecule has 120 valence electrons. The zero-order valence-corrected chi connectivity index (χ0v) is 13.5. The van der Waals surface area contributed by atoms with Crippen LogP contribution in [0.4, 0.5) is 0 Å². The number of carbonyl (C=O) groups excluding carboxylic acids is 2. The molecular formula is C18H21N3O2. The highest BCUT2D eigenvalue weighted by Crippen LogP contribution is 2.23. The first-order valence-electron chi connectivity index (χ1n) is 8.08. The maximum absolute atomic E-state index is 12.5. The number of carbonyl (C=O) groups is 2. The molecule has 0 bridgehead atoms. The van der Waals surface area contributed by atoms with Gasteiger partial charge in [0.25, 0.3) is 5.91 Å². The van der Waals surface area contributed by atoms with Gasteiger partial charge in [0.05, 0.1) is 6.04 Å².